The molecule has 1 heterocycles. The molecule has 0 bridgehead atoms. The Hall–Kier alpha value is -4.33. The molecule has 1 aliphatic carbocycles. The molecule has 168 valence electrons. The third-order valence-electron chi connectivity index (χ3n) is 5.16. The zero-order chi connectivity index (χ0) is 23.4. The summed E-state index contributed by atoms with van der Waals surface area (Å²) in [6.45, 7) is 5.68. The van der Waals surface area contributed by atoms with Crippen molar-refractivity contribution < 1.29 is 19.1 Å². The van der Waals surface area contributed by atoms with Crippen molar-refractivity contribution in [2.45, 2.75) is 19.4 Å². The van der Waals surface area contributed by atoms with Gasteiger partial charge in [0.05, 0.1) is 18.5 Å². The van der Waals surface area contributed by atoms with E-state index in [1.54, 1.807) is 0 Å². The molecule has 8 nitrogen and oxygen atoms in total. The number of cyclic esters (lactones) is 1. The van der Waals surface area contributed by atoms with Crippen molar-refractivity contribution in [2.24, 2.45) is 10.7 Å². The molecule has 0 saturated heterocycles. The molecule has 2 aliphatic rings. The second-order valence-corrected chi connectivity index (χ2v) is 7.66. The second kappa shape index (κ2) is 9.44. The number of esters is 1. The molecule has 4 N–H and O–H groups in total. The average Bonchev–Trinajstić information content (AvgIpc) is 3.14. The summed E-state index contributed by atoms with van der Waals surface area (Å²) >= 11 is 0. The number of nitrogens with two attached hydrogens (primary N) is 1. The summed E-state index contributed by atoms with van der Waals surface area (Å²) in [6.07, 6.45) is 7.26. The third kappa shape index (κ3) is 5.12. The number of ether oxygens (including phenoxy) is 2. The number of allylic oxidation sites excluding steroid dienone is 1. The zero-order valence-electron chi connectivity index (χ0n) is 18.1. The van der Waals surface area contributed by atoms with E-state index in [1.807, 2.05) is 48.6 Å². The topological polar surface area (TPSA) is 115 Å². The van der Waals surface area contributed by atoms with Crippen LogP contribution in [0.25, 0.3) is 10.8 Å². The molecule has 4 rings (SSSR count). The van der Waals surface area contributed by atoms with Gasteiger partial charge in [0.2, 0.25) is 5.91 Å². The van der Waals surface area contributed by atoms with E-state index in [0.29, 0.717) is 41.6 Å². The highest BCUT2D eigenvalue weighted by Gasteiger charge is 2.28. The largest absolute Gasteiger partial charge is 0.457 e. The van der Waals surface area contributed by atoms with E-state index in [2.05, 4.69) is 22.2 Å². The summed E-state index contributed by atoms with van der Waals surface area (Å²) in [5.41, 5.74) is 8.32. The molecule has 33 heavy (non-hydrogen) atoms. The van der Waals surface area contributed by atoms with Crippen LogP contribution in [0.4, 0.5) is 5.69 Å². The molecule has 2 aromatic rings. The van der Waals surface area contributed by atoms with Crippen molar-refractivity contribution in [1.82, 2.24) is 5.32 Å². The molecule has 0 fully saturated rings. The highest BCUT2D eigenvalue weighted by Crippen LogP contribution is 2.31. The number of aliphatic imine (C=N–C) groups is 1. The SMILES string of the molecule is C=C(C=N/C=C(\N)NC1C=CC2=C(C1)C(=O)OC2)Oc1cccc2c(NC(C)=O)cccc12. The maximum absolute atomic E-state index is 11.7. The number of amides is 1. The summed E-state index contributed by atoms with van der Waals surface area (Å²) in [7, 11) is 0. The summed E-state index contributed by atoms with van der Waals surface area (Å²) in [6, 6.07) is 11.0. The first-order chi connectivity index (χ1) is 15.9. The fourth-order valence-electron chi connectivity index (χ4n) is 3.72. The first kappa shape index (κ1) is 21.9. The van der Waals surface area contributed by atoms with E-state index < -0.39 is 0 Å². The fraction of sp³-hybridized carbons (Fsp3) is 0.160. The second-order valence-electron chi connectivity index (χ2n) is 7.66. The van der Waals surface area contributed by atoms with Crippen LogP contribution in [0.2, 0.25) is 0 Å². The molecule has 1 aliphatic heterocycles. The van der Waals surface area contributed by atoms with Crippen LogP contribution >= 0.6 is 0 Å². The number of hydrogen-bond donors (Lipinski definition) is 3. The van der Waals surface area contributed by atoms with Gasteiger partial charge < -0.3 is 25.8 Å². The lowest BCUT2D eigenvalue weighted by Gasteiger charge is -2.19. The molecular weight excluding hydrogens is 420 g/mol. The Morgan fingerprint density at radius 2 is 2.06 bits per heavy atom. The first-order valence-electron chi connectivity index (χ1n) is 10.4. The molecule has 1 amide bonds. The normalized spacial score (nSPS) is 17.8. The number of anilines is 1. The van der Waals surface area contributed by atoms with E-state index in [-0.39, 0.29) is 17.9 Å². The molecule has 0 aromatic heterocycles. The smallest absolute Gasteiger partial charge is 0.334 e. The highest BCUT2D eigenvalue weighted by atomic mass is 16.5. The van der Waals surface area contributed by atoms with Gasteiger partial charge in [-0.15, -0.1) is 0 Å². The van der Waals surface area contributed by atoms with Crippen molar-refractivity contribution >= 4 is 34.6 Å². The van der Waals surface area contributed by atoms with Crippen molar-refractivity contribution in [3.8, 4) is 5.75 Å². The summed E-state index contributed by atoms with van der Waals surface area (Å²) in [4.78, 5) is 27.4. The molecule has 1 unspecified atom stereocenters. The molecule has 0 saturated carbocycles. The molecule has 8 heteroatoms. The van der Waals surface area contributed by atoms with E-state index in [9.17, 15) is 9.59 Å². The van der Waals surface area contributed by atoms with Crippen molar-refractivity contribution in [3.63, 3.8) is 0 Å². The molecule has 0 radical (unpaired) electrons. The number of nitrogens with one attached hydrogen (secondary N) is 2. The van der Waals surface area contributed by atoms with Crippen LogP contribution in [0.15, 0.2) is 89.0 Å². The number of hydrogen-bond acceptors (Lipinski definition) is 7. The van der Waals surface area contributed by atoms with Crippen LogP contribution in [-0.4, -0.2) is 30.7 Å². The van der Waals surface area contributed by atoms with Crippen LogP contribution in [0.5, 0.6) is 5.75 Å². The van der Waals surface area contributed by atoms with Crippen LogP contribution in [0, 0.1) is 0 Å². The maximum atomic E-state index is 11.7. The lowest BCUT2D eigenvalue weighted by Crippen LogP contribution is -2.32. The van der Waals surface area contributed by atoms with Crippen molar-refractivity contribution in [3.05, 3.63) is 84.1 Å². The van der Waals surface area contributed by atoms with Gasteiger partial charge in [-0.25, -0.2) is 4.79 Å². The standard InChI is InChI=1S/C25H24N4O4/c1-15(33-23-8-4-5-19-20(23)6-3-7-22(19)28-16(2)30)12-27-13-24(26)29-18-10-9-17-14-32-25(31)21(17)11-18/h3-10,12-13,18,29H,1,11,14,26H2,2H3,(H,28,30)/b24-13+,27-12?. The van der Waals surface area contributed by atoms with Gasteiger partial charge in [0.1, 0.15) is 23.9 Å². The van der Waals surface area contributed by atoms with Gasteiger partial charge in [0, 0.05) is 35.4 Å². The van der Waals surface area contributed by atoms with Crippen molar-refractivity contribution in [1.29, 1.82) is 0 Å². The Kier molecular flexibility index (Phi) is 6.26. The van der Waals surface area contributed by atoms with Gasteiger partial charge >= 0.3 is 5.97 Å². The lowest BCUT2D eigenvalue weighted by atomic mass is 9.96. The Balaban J connectivity index is 1.38. The minimum Gasteiger partial charge on any atom is -0.457 e. The van der Waals surface area contributed by atoms with Gasteiger partial charge in [-0.3, -0.25) is 9.79 Å². The highest BCUT2D eigenvalue weighted by molar-refractivity contribution is 6.03. The van der Waals surface area contributed by atoms with Crippen LogP contribution in [0.1, 0.15) is 13.3 Å². The Labute approximate surface area is 191 Å². The predicted octanol–water partition coefficient (Wildman–Crippen LogP) is 3.29. The number of carbonyl (C=O) groups is 2. The van der Waals surface area contributed by atoms with Gasteiger partial charge in [-0.2, -0.15) is 0 Å². The number of nitrogens with zero attached hydrogens (tertiary/aromatic N) is 1. The van der Waals surface area contributed by atoms with Gasteiger partial charge in [-0.1, -0.05) is 43.0 Å². The van der Waals surface area contributed by atoms with E-state index in [4.69, 9.17) is 15.2 Å². The average molecular weight is 444 g/mol. The van der Waals surface area contributed by atoms with Crippen LogP contribution in [0.3, 0.4) is 0 Å². The Morgan fingerprint density at radius 3 is 2.88 bits per heavy atom. The lowest BCUT2D eigenvalue weighted by molar-refractivity contribution is -0.136. The molecular formula is C25H24N4O4. The fourth-order valence-corrected chi connectivity index (χ4v) is 3.72. The number of carbonyl (C=O) groups excluding carboxylic acids is 2. The summed E-state index contributed by atoms with van der Waals surface area (Å²) in [5, 5.41) is 7.62. The van der Waals surface area contributed by atoms with Gasteiger partial charge in [0.25, 0.3) is 0 Å². The summed E-state index contributed by atoms with van der Waals surface area (Å²) < 4.78 is 10.9. The van der Waals surface area contributed by atoms with Crippen LogP contribution < -0.4 is 21.1 Å². The summed E-state index contributed by atoms with van der Waals surface area (Å²) in [5.74, 6) is 0.832. The van der Waals surface area contributed by atoms with E-state index >= 15 is 0 Å². The van der Waals surface area contributed by atoms with Crippen LogP contribution in [-0.2, 0) is 14.3 Å². The molecule has 0 spiro atoms. The predicted molar refractivity (Wildman–Crippen MR) is 127 cm³/mol. The maximum Gasteiger partial charge on any atom is 0.334 e. The van der Waals surface area contributed by atoms with E-state index in [0.717, 1.165) is 16.3 Å². The third-order valence-corrected chi connectivity index (χ3v) is 5.16. The Morgan fingerprint density at radius 1 is 1.27 bits per heavy atom. The minimum atomic E-state index is -0.271. The number of rotatable bonds is 7. The monoisotopic (exact) mass is 444 g/mol. The van der Waals surface area contributed by atoms with E-state index in [1.165, 1.54) is 19.3 Å². The minimum absolute atomic E-state index is 0.117. The Bertz CT molecular complexity index is 1260. The van der Waals surface area contributed by atoms with Gasteiger partial charge in [0.15, 0.2) is 0 Å². The van der Waals surface area contributed by atoms with Gasteiger partial charge in [-0.05, 0) is 17.7 Å². The van der Waals surface area contributed by atoms with Crippen molar-refractivity contribution in [2.75, 3.05) is 11.9 Å². The first-order valence-corrected chi connectivity index (χ1v) is 10.4. The number of benzene rings is 2. The number of fused-ring (bicyclic) bond motifs is 1. The molecule has 1 atom stereocenters. The zero-order valence-corrected chi connectivity index (χ0v) is 18.1. The molecule has 2 aromatic carbocycles. The quantitative estimate of drug-likeness (QED) is 0.343.